The maximum atomic E-state index is 12.9. The van der Waals surface area contributed by atoms with Crippen LogP contribution in [0.1, 0.15) is 11.4 Å². The van der Waals surface area contributed by atoms with Crippen molar-refractivity contribution in [3.05, 3.63) is 57.0 Å². The SMILES string of the molecule is Cc1c(Br)c(C(F)(F)F)nn1CC(=O)Nc1cnn(COc2ccc(Br)cc2)c1. The van der Waals surface area contributed by atoms with Crippen LogP contribution in [0.25, 0.3) is 0 Å². The Bertz CT molecular complexity index is 1020. The van der Waals surface area contributed by atoms with E-state index in [1.807, 2.05) is 12.1 Å². The molecule has 2 aromatic heterocycles. The normalized spacial score (nSPS) is 11.5. The summed E-state index contributed by atoms with van der Waals surface area (Å²) in [6, 6.07) is 7.25. The smallest absolute Gasteiger partial charge is 0.436 e. The highest BCUT2D eigenvalue weighted by atomic mass is 79.9. The predicted molar refractivity (Wildman–Crippen MR) is 105 cm³/mol. The number of hydrogen-bond donors (Lipinski definition) is 1. The van der Waals surface area contributed by atoms with Crippen LogP contribution in [0.2, 0.25) is 0 Å². The molecule has 0 radical (unpaired) electrons. The number of carbonyl (C=O) groups is 1. The van der Waals surface area contributed by atoms with Gasteiger partial charge in [-0.2, -0.15) is 23.4 Å². The van der Waals surface area contributed by atoms with Gasteiger partial charge in [0.1, 0.15) is 12.3 Å². The molecule has 0 aliphatic rings. The van der Waals surface area contributed by atoms with Crippen LogP contribution in [-0.2, 0) is 24.2 Å². The molecule has 2 heterocycles. The Morgan fingerprint density at radius 1 is 1.24 bits per heavy atom. The van der Waals surface area contributed by atoms with Crippen LogP contribution in [0.5, 0.6) is 5.75 Å². The molecule has 0 aliphatic heterocycles. The van der Waals surface area contributed by atoms with Crippen LogP contribution < -0.4 is 10.1 Å². The van der Waals surface area contributed by atoms with Crippen LogP contribution in [0, 0.1) is 6.92 Å². The molecule has 1 aromatic carbocycles. The second kappa shape index (κ2) is 8.57. The fraction of sp³-hybridized carbons (Fsp3) is 0.235. The Balaban J connectivity index is 1.58. The molecule has 0 bridgehead atoms. The summed E-state index contributed by atoms with van der Waals surface area (Å²) in [4.78, 5) is 12.2. The van der Waals surface area contributed by atoms with Crippen molar-refractivity contribution in [1.29, 1.82) is 0 Å². The minimum atomic E-state index is -4.61. The van der Waals surface area contributed by atoms with Gasteiger partial charge in [-0.15, -0.1) is 0 Å². The molecule has 0 spiro atoms. The lowest BCUT2D eigenvalue weighted by Gasteiger charge is -2.06. The number of rotatable bonds is 6. The number of nitrogens with zero attached hydrogens (tertiary/aromatic N) is 4. The first-order valence-corrected chi connectivity index (χ1v) is 9.73. The molecule has 12 heteroatoms. The van der Waals surface area contributed by atoms with Gasteiger partial charge in [0.15, 0.2) is 12.4 Å². The van der Waals surface area contributed by atoms with E-state index in [4.69, 9.17) is 4.74 Å². The molecule has 7 nitrogen and oxygen atoms in total. The first-order chi connectivity index (χ1) is 13.6. The van der Waals surface area contributed by atoms with Crippen molar-refractivity contribution in [1.82, 2.24) is 19.6 Å². The van der Waals surface area contributed by atoms with Crippen LogP contribution in [0.15, 0.2) is 45.6 Å². The summed E-state index contributed by atoms with van der Waals surface area (Å²) >= 11 is 6.21. The Morgan fingerprint density at radius 2 is 1.93 bits per heavy atom. The van der Waals surface area contributed by atoms with Crippen LogP contribution in [0.3, 0.4) is 0 Å². The van der Waals surface area contributed by atoms with E-state index in [1.165, 1.54) is 17.8 Å². The lowest BCUT2D eigenvalue weighted by Crippen LogP contribution is -2.20. The van der Waals surface area contributed by atoms with Gasteiger partial charge < -0.3 is 10.1 Å². The number of aromatic nitrogens is 4. The van der Waals surface area contributed by atoms with Crippen molar-refractivity contribution >= 4 is 43.5 Å². The average Bonchev–Trinajstić information content (AvgIpc) is 3.20. The number of ether oxygens (including phenoxy) is 1. The molecule has 3 rings (SSSR count). The van der Waals surface area contributed by atoms with E-state index < -0.39 is 17.8 Å². The van der Waals surface area contributed by atoms with Crippen molar-refractivity contribution < 1.29 is 22.7 Å². The molecular formula is C17H14Br2F3N5O2. The number of hydrogen-bond acceptors (Lipinski definition) is 4. The molecule has 0 aliphatic carbocycles. The van der Waals surface area contributed by atoms with Crippen molar-refractivity contribution in [3.8, 4) is 5.75 Å². The second-order valence-electron chi connectivity index (χ2n) is 5.95. The van der Waals surface area contributed by atoms with Gasteiger partial charge in [0, 0.05) is 4.47 Å². The number of nitrogens with one attached hydrogen (secondary N) is 1. The zero-order chi connectivity index (χ0) is 21.2. The van der Waals surface area contributed by atoms with Crippen LogP contribution in [-0.4, -0.2) is 25.5 Å². The van der Waals surface area contributed by atoms with Crippen molar-refractivity contribution in [2.24, 2.45) is 0 Å². The molecule has 0 saturated carbocycles. The topological polar surface area (TPSA) is 74.0 Å². The Morgan fingerprint density at radius 3 is 2.55 bits per heavy atom. The largest absolute Gasteiger partial charge is 0.471 e. The summed E-state index contributed by atoms with van der Waals surface area (Å²) < 4.78 is 47.5. The highest BCUT2D eigenvalue weighted by Gasteiger charge is 2.38. The Hall–Kier alpha value is -2.34. The van der Waals surface area contributed by atoms with Gasteiger partial charge >= 0.3 is 6.18 Å². The van der Waals surface area contributed by atoms with Gasteiger partial charge in [0.05, 0.1) is 28.2 Å². The maximum absolute atomic E-state index is 12.9. The fourth-order valence-corrected chi connectivity index (χ4v) is 3.14. The third-order valence-corrected chi connectivity index (χ3v) is 5.27. The molecule has 1 amide bonds. The third kappa shape index (κ3) is 5.38. The number of amides is 1. The van der Waals surface area contributed by atoms with E-state index in [9.17, 15) is 18.0 Å². The first kappa shape index (κ1) is 21.4. The molecule has 3 aromatic rings. The summed E-state index contributed by atoms with van der Waals surface area (Å²) in [7, 11) is 0. The minimum absolute atomic E-state index is 0.123. The minimum Gasteiger partial charge on any atom is -0.471 e. The lowest BCUT2D eigenvalue weighted by molar-refractivity contribution is -0.142. The van der Waals surface area contributed by atoms with E-state index in [-0.39, 0.29) is 23.4 Å². The molecule has 0 saturated heterocycles. The summed E-state index contributed by atoms with van der Waals surface area (Å²) in [6.45, 7) is 1.19. The molecule has 29 heavy (non-hydrogen) atoms. The Labute approximate surface area is 180 Å². The third-order valence-electron chi connectivity index (χ3n) is 3.79. The van der Waals surface area contributed by atoms with Gasteiger partial charge in [-0.05, 0) is 47.1 Å². The van der Waals surface area contributed by atoms with Crippen molar-refractivity contribution in [2.45, 2.75) is 26.4 Å². The quantitative estimate of drug-likeness (QED) is 0.499. The lowest BCUT2D eigenvalue weighted by atomic mass is 10.3. The molecule has 0 unspecified atom stereocenters. The van der Waals surface area contributed by atoms with E-state index in [0.29, 0.717) is 11.4 Å². The highest BCUT2D eigenvalue weighted by Crippen LogP contribution is 2.35. The maximum Gasteiger partial charge on any atom is 0.436 e. The average molecular weight is 537 g/mol. The van der Waals surface area contributed by atoms with Gasteiger partial charge in [-0.3, -0.25) is 9.48 Å². The fourth-order valence-electron chi connectivity index (χ4n) is 2.37. The first-order valence-electron chi connectivity index (χ1n) is 8.14. The van der Waals surface area contributed by atoms with Gasteiger partial charge in [0.25, 0.3) is 0 Å². The van der Waals surface area contributed by atoms with E-state index in [1.54, 1.807) is 18.3 Å². The van der Waals surface area contributed by atoms with Crippen LogP contribution >= 0.6 is 31.9 Å². The standard InChI is InChI=1S/C17H14Br2F3N5O2/c1-10-15(19)16(17(20,21)22)25-27(10)8-14(28)24-12-6-23-26(7-12)9-29-13-4-2-11(18)3-5-13/h2-7H,8-9H2,1H3,(H,24,28). The molecule has 1 N–H and O–H groups in total. The van der Waals surface area contributed by atoms with E-state index >= 15 is 0 Å². The monoisotopic (exact) mass is 535 g/mol. The number of benzene rings is 1. The van der Waals surface area contributed by atoms with Gasteiger partial charge in [-0.25, -0.2) is 4.68 Å². The summed E-state index contributed by atoms with van der Waals surface area (Å²) in [5.41, 5.74) is -0.485. The molecule has 0 fully saturated rings. The summed E-state index contributed by atoms with van der Waals surface area (Å²) in [5, 5.41) is 10.1. The number of alkyl halides is 3. The van der Waals surface area contributed by atoms with Crippen molar-refractivity contribution in [3.63, 3.8) is 0 Å². The van der Waals surface area contributed by atoms with Gasteiger partial charge in [0.2, 0.25) is 5.91 Å². The summed E-state index contributed by atoms with van der Waals surface area (Å²) in [6.07, 6.45) is -1.65. The molecule has 154 valence electrons. The van der Waals surface area contributed by atoms with E-state index in [0.717, 1.165) is 9.15 Å². The number of carbonyl (C=O) groups excluding carboxylic acids is 1. The van der Waals surface area contributed by atoms with Gasteiger partial charge in [-0.1, -0.05) is 15.9 Å². The second-order valence-corrected chi connectivity index (χ2v) is 7.66. The zero-order valence-electron chi connectivity index (χ0n) is 14.9. The molecule has 0 atom stereocenters. The predicted octanol–water partition coefficient (Wildman–Crippen LogP) is 4.61. The van der Waals surface area contributed by atoms with Crippen molar-refractivity contribution in [2.75, 3.05) is 5.32 Å². The highest BCUT2D eigenvalue weighted by molar-refractivity contribution is 9.10. The van der Waals surface area contributed by atoms with Crippen LogP contribution in [0.4, 0.5) is 18.9 Å². The zero-order valence-corrected chi connectivity index (χ0v) is 18.0. The number of halogens is 5. The Kier molecular flexibility index (Phi) is 6.32. The molecular weight excluding hydrogens is 523 g/mol. The number of anilines is 1. The van der Waals surface area contributed by atoms with E-state index in [2.05, 4.69) is 47.4 Å². The summed E-state index contributed by atoms with van der Waals surface area (Å²) in [5.74, 6) is 0.111.